The third-order valence-electron chi connectivity index (χ3n) is 2.26. The topological polar surface area (TPSA) is 61.7 Å². The van der Waals surface area contributed by atoms with Crippen molar-refractivity contribution in [1.29, 1.82) is 0 Å². The number of rotatable bonds is 3. The maximum absolute atomic E-state index is 11.2. The molecule has 0 aromatic heterocycles. The number of phenolic OH excluding ortho intramolecular Hbond substituents is 1. The number of carbonyl (C=O) groups excluding carboxylic acids is 1. The lowest BCUT2D eigenvalue weighted by Crippen LogP contribution is -2.18. The Bertz CT molecular complexity index is 397. The van der Waals surface area contributed by atoms with Crippen LogP contribution in [0.25, 0.3) is 0 Å². The molecule has 0 radical (unpaired) electrons. The predicted molar refractivity (Wildman–Crippen MR) is 56.6 cm³/mol. The summed E-state index contributed by atoms with van der Waals surface area (Å²) in [5.74, 6) is 0.259. The number of nitrogens with one attached hydrogen (secondary N) is 1. The fourth-order valence-corrected chi connectivity index (χ4v) is 1.20. The Balaban J connectivity index is 1.93. The highest BCUT2D eigenvalue weighted by Crippen LogP contribution is 2.28. The molecule has 0 bridgehead atoms. The quantitative estimate of drug-likeness (QED) is 0.575. The molecular formula is C11H12N2O2. The molecule has 2 N–H and O–H groups in total. The summed E-state index contributed by atoms with van der Waals surface area (Å²) >= 11 is 0. The number of para-hydroxylation sites is 1. The summed E-state index contributed by atoms with van der Waals surface area (Å²) in [4.78, 5) is 11.2. The van der Waals surface area contributed by atoms with Crippen LogP contribution in [-0.2, 0) is 4.79 Å². The number of benzene rings is 1. The molecule has 0 unspecified atom stereocenters. The molecule has 4 heteroatoms. The second-order valence-corrected chi connectivity index (χ2v) is 3.57. The van der Waals surface area contributed by atoms with Crippen molar-refractivity contribution in [2.45, 2.75) is 12.8 Å². The van der Waals surface area contributed by atoms with Crippen LogP contribution in [0.15, 0.2) is 29.4 Å². The van der Waals surface area contributed by atoms with Gasteiger partial charge in [-0.1, -0.05) is 12.1 Å². The van der Waals surface area contributed by atoms with E-state index in [-0.39, 0.29) is 17.6 Å². The van der Waals surface area contributed by atoms with E-state index in [1.165, 1.54) is 6.21 Å². The zero-order valence-corrected chi connectivity index (χ0v) is 8.18. The van der Waals surface area contributed by atoms with Crippen molar-refractivity contribution in [2.75, 3.05) is 0 Å². The van der Waals surface area contributed by atoms with Crippen LogP contribution in [0.5, 0.6) is 5.75 Å². The molecule has 0 aliphatic heterocycles. The number of carbonyl (C=O) groups is 1. The molecule has 1 aromatic rings. The number of nitrogens with zero attached hydrogens (tertiary/aromatic N) is 1. The minimum Gasteiger partial charge on any atom is -0.507 e. The van der Waals surface area contributed by atoms with E-state index in [2.05, 4.69) is 10.5 Å². The number of amides is 1. The molecule has 1 aliphatic carbocycles. The van der Waals surface area contributed by atoms with E-state index >= 15 is 0 Å². The van der Waals surface area contributed by atoms with Crippen LogP contribution in [-0.4, -0.2) is 17.2 Å². The Kier molecular flexibility index (Phi) is 2.67. The lowest BCUT2D eigenvalue weighted by molar-refractivity contribution is -0.122. The summed E-state index contributed by atoms with van der Waals surface area (Å²) in [5, 5.41) is 13.2. The van der Waals surface area contributed by atoms with Crippen LogP contribution in [0.3, 0.4) is 0 Å². The van der Waals surface area contributed by atoms with Crippen molar-refractivity contribution >= 4 is 12.1 Å². The Hall–Kier alpha value is -1.84. The van der Waals surface area contributed by atoms with Crippen molar-refractivity contribution in [3.63, 3.8) is 0 Å². The van der Waals surface area contributed by atoms with Crippen molar-refractivity contribution < 1.29 is 9.90 Å². The minimum atomic E-state index is -0.0401. The highest BCUT2D eigenvalue weighted by molar-refractivity contribution is 5.86. The normalized spacial score (nSPS) is 15.5. The van der Waals surface area contributed by atoms with Gasteiger partial charge in [0.2, 0.25) is 5.91 Å². The molecule has 1 aliphatic rings. The zero-order valence-electron chi connectivity index (χ0n) is 8.18. The van der Waals surface area contributed by atoms with Gasteiger partial charge in [-0.25, -0.2) is 5.43 Å². The van der Waals surface area contributed by atoms with Crippen LogP contribution in [0.4, 0.5) is 0 Å². The zero-order chi connectivity index (χ0) is 10.7. The van der Waals surface area contributed by atoms with Crippen LogP contribution >= 0.6 is 0 Å². The van der Waals surface area contributed by atoms with Gasteiger partial charge < -0.3 is 5.11 Å². The molecule has 1 amide bonds. The molecule has 78 valence electrons. The molecular weight excluding hydrogens is 192 g/mol. The molecule has 0 heterocycles. The molecule has 15 heavy (non-hydrogen) atoms. The number of phenols is 1. The summed E-state index contributed by atoms with van der Waals surface area (Å²) in [5.41, 5.74) is 3.03. The van der Waals surface area contributed by atoms with E-state index < -0.39 is 0 Å². The summed E-state index contributed by atoms with van der Waals surface area (Å²) in [6, 6.07) is 6.82. The first kappa shape index (κ1) is 9.71. The minimum absolute atomic E-state index is 0.0401. The number of hydrazone groups is 1. The smallest absolute Gasteiger partial charge is 0.243 e. The first-order valence-corrected chi connectivity index (χ1v) is 4.88. The van der Waals surface area contributed by atoms with Crippen LogP contribution < -0.4 is 5.43 Å². The summed E-state index contributed by atoms with van der Waals surface area (Å²) < 4.78 is 0. The third-order valence-corrected chi connectivity index (χ3v) is 2.26. The van der Waals surface area contributed by atoms with Crippen molar-refractivity contribution in [3.05, 3.63) is 29.8 Å². The van der Waals surface area contributed by atoms with Gasteiger partial charge in [-0.3, -0.25) is 4.79 Å². The van der Waals surface area contributed by atoms with Gasteiger partial charge in [0, 0.05) is 11.5 Å². The average molecular weight is 204 g/mol. The first-order valence-electron chi connectivity index (χ1n) is 4.88. The molecule has 4 nitrogen and oxygen atoms in total. The van der Waals surface area contributed by atoms with E-state index in [0.717, 1.165) is 12.8 Å². The molecule has 0 saturated heterocycles. The first-order chi connectivity index (χ1) is 7.27. The molecule has 0 spiro atoms. The van der Waals surface area contributed by atoms with E-state index in [9.17, 15) is 9.90 Å². The lowest BCUT2D eigenvalue weighted by atomic mass is 10.2. The standard InChI is InChI=1S/C11H12N2O2/c14-10-4-2-1-3-9(10)7-12-13-11(15)8-5-6-8/h1-4,7-8,14H,5-6H2,(H,13,15)/b12-7-. The summed E-state index contributed by atoms with van der Waals surface area (Å²) in [7, 11) is 0. The maximum Gasteiger partial charge on any atom is 0.243 e. The highest BCUT2D eigenvalue weighted by Gasteiger charge is 2.29. The molecule has 1 saturated carbocycles. The van der Waals surface area contributed by atoms with Crippen molar-refractivity contribution in [3.8, 4) is 5.75 Å². The van der Waals surface area contributed by atoms with E-state index in [4.69, 9.17) is 0 Å². The molecule has 1 aromatic carbocycles. The van der Waals surface area contributed by atoms with Gasteiger partial charge in [0.05, 0.1) is 6.21 Å². The van der Waals surface area contributed by atoms with Gasteiger partial charge in [0.1, 0.15) is 5.75 Å². The van der Waals surface area contributed by atoms with E-state index in [0.29, 0.717) is 5.56 Å². The Labute approximate surface area is 87.6 Å². The molecule has 0 atom stereocenters. The van der Waals surface area contributed by atoms with Gasteiger partial charge >= 0.3 is 0 Å². The summed E-state index contributed by atoms with van der Waals surface area (Å²) in [6.07, 6.45) is 3.35. The van der Waals surface area contributed by atoms with Crippen molar-refractivity contribution in [2.24, 2.45) is 11.0 Å². The lowest BCUT2D eigenvalue weighted by Gasteiger charge is -1.97. The van der Waals surface area contributed by atoms with Gasteiger partial charge in [-0.15, -0.1) is 0 Å². The van der Waals surface area contributed by atoms with Crippen LogP contribution in [0.2, 0.25) is 0 Å². The summed E-state index contributed by atoms with van der Waals surface area (Å²) in [6.45, 7) is 0. The predicted octanol–water partition coefficient (Wildman–Crippen LogP) is 1.25. The second-order valence-electron chi connectivity index (χ2n) is 3.57. The SMILES string of the molecule is O=C(N/N=C\c1ccccc1O)C1CC1. The largest absolute Gasteiger partial charge is 0.507 e. The fourth-order valence-electron chi connectivity index (χ4n) is 1.20. The van der Waals surface area contributed by atoms with E-state index in [1.54, 1.807) is 24.3 Å². The second kappa shape index (κ2) is 4.13. The van der Waals surface area contributed by atoms with Crippen LogP contribution in [0.1, 0.15) is 18.4 Å². The van der Waals surface area contributed by atoms with Gasteiger partial charge in [0.15, 0.2) is 0 Å². The monoisotopic (exact) mass is 204 g/mol. The van der Waals surface area contributed by atoms with Gasteiger partial charge in [0.25, 0.3) is 0 Å². The maximum atomic E-state index is 11.2. The highest BCUT2D eigenvalue weighted by atomic mass is 16.3. The number of hydrogen-bond donors (Lipinski definition) is 2. The Morgan fingerprint density at radius 1 is 1.47 bits per heavy atom. The fraction of sp³-hybridized carbons (Fsp3) is 0.273. The number of aromatic hydroxyl groups is 1. The van der Waals surface area contributed by atoms with E-state index in [1.807, 2.05) is 0 Å². The molecule has 2 rings (SSSR count). The van der Waals surface area contributed by atoms with Crippen LogP contribution in [0, 0.1) is 5.92 Å². The Morgan fingerprint density at radius 2 is 2.20 bits per heavy atom. The van der Waals surface area contributed by atoms with Crippen molar-refractivity contribution in [1.82, 2.24) is 5.43 Å². The molecule has 1 fully saturated rings. The van der Waals surface area contributed by atoms with Gasteiger partial charge in [-0.2, -0.15) is 5.10 Å². The Morgan fingerprint density at radius 3 is 2.87 bits per heavy atom. The third kappa shape index (κ3) is 2.56. The number of hydrogen-bond acceptors (Lipinski definition) is 3. The average Bonchev–Trinajstić information content (AvgIpc) is 3.04. The van der Waals surface area contributed by atoms with Gasteiger partial charge in [-0.05, 0) is 25.0 Å².